The fourth-order valence-corrected chi connectivity index (χ4v) is 17.8. The van der Waals surface area contributed by atoms with Gasteiger partial charge in [-0.2, -0.15) is 0 Å². The van der Waals surface area contributed by atoms with Crippen molar-refractivity contribution in [2.75, 3.05) is 24.5 Å². The summed E-state index contributed by atoms with van der Waals surface area (Å²) in [6, 6.07) is 164. The third-order valence-electron chi connectivity index (χ3n) is 23.1. The lowest BCUT2D eigenvalue weighted by Crippen LogP contribution is -2.14. The van der Waals surface area contributed by atoms with E-state index < -0.39 is 0 Å². The van der Waals surface area contributed by atoms with E-state index in [0.717, 1.165) is 96.7 Å². The predicted octanol–water partition coefficient (Wildman–Crippen LogP) is 31.0. The lowest BCUT2D eigenvalue weighted by molar-refractivity contribution is 1.01. The highest BCUT2D eigenvalue weighted by atomic mass is 15.2. The molecule has 0 spiro atoms. The van der Waals surface area contributed by atoms with Gasteiger partial charge in [-0.25, -0.2) is 0 Å². The minimum atomic E-state index is 0.200. The minimum Gasteiger partial charge on any atom is -0.311 e. The van der Waals surface area contributed by atoms with Crippen molar-refractivity contribution >= 4 is 129 Å². The van der Waals surface area contributed by atoms with Crippen LogP contribution in [0.25, 0.3) is 66.1 Å². The van der Waals surface area contributed by atoms with Crippen LogP contribution in [0.3, 0.4) is 0 Å². The summed E-state index contributed by atoms with van der Waals surface area (Å²) in [5.74, 6) is 0.200. The summed E-state index contributed by atoms with van der Waals surface area (Å²) in [5, 5.41) is 5.05. The van der Waals surface area contributed by atoms with E-state index >= 15 is 0 Å². The number of rotatable bonds is 18. The van der Waals surface area contributed by atoms with Gasteiger partial charge in [0, 0.05) is 124 Å². The van der Waals surface area contributed by atoms with E-state index in [1.807, 2.05) is 0 Å². The molecule has 0 unspecified atom stereocenters. The third kappa shape index (κ3) is 14.0. The first-order valence-electron chi connectivity index (χ1n) is 40.9. The van der Waals surface area contributed by atoms with E-state index in [0.29, 0.717) is 0 Å². The zero-order valence-corrected chi connectivity index (χ0v) is 66.5. The number of benzene rings is 18. The van der Waals surface area contributed by atoms with Crippen molar-refractivity contribution in [1.29, 1.82) is 0 Å². The molecule has 0 N–H and O–H groups in total. The molecule has 1 aliphatic carbocycles. The summed E-state index contributed by atoms with van der Waals surface area (Å²) < 4.78 is 4.76. The summed E-state index contributed by atoms with van der Waals surface area (Å²) in [7, 11) is 0. The molecule has 0 fully saturated rings. The number of fused-ring (bicyclic) bond motifs is 9. The Labute approximate surface area is 695 Å². The number of aromatic nitrogens is 2. The number of hydrogen-bond donors (Lipinski definition) is 0. The number of hydrogen-bond acceptors (Lipinski definition) is 5. The minimum absolute atomic E-state index is 0.200. The van der Waals surface area contributed by atoms with E-state index in [1.165, 1.54) is 88.1 Å². The van der Waals surface area contributed by atoms with Gasteiger partial charge in [0.1, 0.15) is 0 Å². The molecule has 20 aromatic rings. The molecule has 2 aromatic heterocycles. The van der Waals surface area contributed by atoms with Gasteiger partial charge in [0.05, 0.1) is 22.1 Å². The molecule has 0 radical (unpaired) electrons. The average Bonchev–Trinajstić information content (AvgIpc) is 1.58. The van der Waals surface area contributed by atoms with E-state index in [4.69, 9.17) is 0 Å². The molecule has 0 saturated carbocycles. The van der Waals surface area contributed by atoms with Crippen LogP contribution in [0.5, 0.6) is 0 Å². The van der Waals surface area contributed by atoms with E-state index in [-0.39, 0.29) is 5.92 Å². The standard InChI is InChI=1S/C57H48N4.C55H37N3/c1-43-16-13-25-55(40-43)59(46-19-7-4-8-20-46)52-34-28-49(29-35-52)58(50-30-36-53(37-31-50)60(47-21-9-5-10-22-47)56-26-14-17-44(2)41-56)51-32-38-54(39-33-51)61(48-23-11-6-12-24-48)57-27-15-18-45(3)42-57;1-3-19-49-43(13-1)44-14-2-4-20-50(44)55(49)37-25-27-38(28-26-37)56(39-29-33-41(34-30-39)57-51-21-9-5-15-45(51)46-16-6-10-22-52(46)57)40-31-35-42(36-32-40)58-53-23-11-7-17-47(53)48-18-8-12-24-54(48)58/h4-42H,1-3H3;1-36,55H. The largest absolute Gasteiger partial charge is 0.311 e. The normalized spacial score (nSPS) is 11.6. The Kier molecular flexibility index (Phi) is 19.3. The van der Waals surface area contributed by atoms with Gasteiger partial charge in [-0.3, -0.25) is 0 Å². The van der Waals surface area contributed by atoms with Gasteiger partial charge in [-0.15, -0.1) is 0 Å². The summed E-state index contributed by atoms with van der Waals surface area (Å²) in [4.78, 5) is 11.7. The molecule has 0 amide bonds. The van der Waals surface area contributed by atoms with E-state index in [1.54, 1.807) is 0 Å². The lowest BCUT2D eigenvalue weighted by atomic mass is 9.89. The maximum Gasteiger partial charge on any atom is 0.0541 e. The Morgan fingerprint density at radius 2 is 0.387 bits per heavy atom. The topological polar surface area (TPSA) is 26.1 Å². The number of nitrogens with zero attached hydrogens (tertiary/aromatic N) is 7. The van der Waals surface area contributed by atoms with E-state index in [2.05, 4.69) is 509 Å². The highest BCUT2D eigenvalue weighted by Crippen LogP contribution is 2.50. The van der Waals surface area contributed by atoms with Crippen LogP contribution in [0.1, 0.15) is 39.3 Å². The second-order valence-corrected chi connectivity index (χ2v) is 30.7. The molecular formula is C112H85N7. The fourth-order valence-electron chi connectivity index (χ4n) is 17.8. The highest BCUT2D eigenvalue weighted by Gasteiger charge is 2.30. The van der Waals surface area contributed by atoms with Crippen LogP contribution in [0.2, 0.25) is 0 Å². The van der Waals surface area contributed by atoms with Crippen LogP contribution < -0.4 is 24.5 Å². The molecular weight excluding hydrogens is 1440 g/mol. The van der Waals surface area contributed by atoms with Crippen molar-refractivity contribution in [2.24, 2.45) is 0 Å². The Balaban J connectivity index is 0.000000153. The Hall–Kier alpha value is -15.4. The van der Waals surface area contributed by atoms with E-state index in [9.17, 15) is 0 Å². The first-order chi connectivity index (χ1) is 58.8. The number of para-hydroxylation sites is 7. The van der Waals surface area contributed by atoms with Gasteiger partial charge >= 0.3 is 0 Å². The zero-order valence-electron chi connectivity index (χ0n) is 66.5. The number of aryl methyl sites for hydroxylation is 3. The molecule has 18 aromatic carbocycles. The highest BCUT2D eigenvalue weighted by molar-refractivity contribution is 6.10. The number of anilines is 15. The predicted molar refractivity (Wildman–Crippen MR) is 502 cm³/mol. The first-order valence-corrected chi connectivity index (χ1v) is 40.9. The summed E-state index contributed by atoms with van der Waals surface area (Å²) >= 11 is 0. The fraction of sp³-hybridized carbons (Fsp3) is 0.0357. The Bertz CT molecular complexity index is 6380. The van der Waals surface area contributed by atoms with Crippen LogP contribution in [-0.4, -0.2) is 9.13 Å². The van der Waals surface area contributed by atoms with Crippen molar-refractivity contribution in [2.45, 2.75) is 26.7 Å². The maximum atomic E-state index is 2.38. The Morgan fingerprint density at radius 3 is 0.664 bits per heavy atom. The van der Waals surface area contributed by atoms with Crippen LogP contribution in [0.4, 0.5) is 85.3 Å². The average molecular weight is 1530 g/mol. The van der Waals surface area contributed by atoms with Crippen molar-refractivity contribution < 1.29 is 0 Å². The molecule has 0 atom stereocenters. The summed E-state index contributed by atoms with van der Waals surface area (Å²) in [5.41, 5.74) is 33.9. The second-order valence-electron chi connectivity index (χ2n) is 30.7. The first kappa shape index (κ1) is 72.5. The molecule has 119 heavy (non-hydrogen) atoms. The van der Waals surface area contributed by atoms with Gasteiger partial charge in [0.2, 0.25) is 0 Å². The van der Waals surface area contributed by atoms with Crippen molar-refractivity contribution in [3.05, 3.63) is 488 Å². The lowest BCUT2D eigenvalue weighted by Gasteiger charge is -2.30. The molecule has 0 aliphatic heterocycles. The van der Waals surface area contributed by atoms with Crippen LogP contribution in [0.15, 0.2) is 455 Å². The molecule has 0 bridgehead atoms. The molecule has 568 valence electrons. The van der Waals surface area contributed by atoms with Gasteiger partial charge < -0.3 is 33.6 Å². The van der Waals surface area contributed by atoms with Crippen LogP contribution in [-0.2, 0) is 0 Å². The monoisotopic (exact) mass is 1530 g/mol. The van der Waals surface area contributed by atoms with Crippen LogP contribution in [0, 0.1) is 20.8 Å². The summed E-state index contributed by atoms with van der Waals surface area (Å²) in [6.45, 7) is 6.43. The molecule has 2 heterocycles. The van der Waals surface area contributed by atoms with Gasteiger partial charge in [-0.05, 0) is 296 Å². The van der Waals surface area contributed by atoms with Gasteiger partial charge in [0.25, 0.3) is 0 Å². The molecule has 21 rings (SSSR count). The zero-order chi connectivity index (χ0) is 79.7. The molecule has 7 nitrogen and oxygen atoms in total. The maximum absolute atomic E-state index is 2.38. The Morgan fingerprint density at radius 1 is 0.176 bits per heavy atom. The second kappa shape index (κ2) is 31.7. The van der Waals surface area contributed by atoms with Crippen molar-refractivity contribution in [3.8, 4) is 22.5 Å². The smallest absolute Gasteiger partial charge is 0.0541 e. The van der Waals surface area contributed by atoms with Gasteiger partial charge in [0.15, 0.2) is 0 Å². The van der Waals surface area contributed by atoms with Gasteiger partial charge in [-0.1, -0.05) is 224 Å². The SMILES string of the molecule is Cc1cccc(N(c2ccccc2)c2ccc(N(c3ccc(N(c4ccccc4)c4cccc(C)c4)cc3)c3ccc(N(c4ccccc4)c4cccc(C)c4)cc3)cc2)c1.c1ccc2c(c1)-c1ccccc1C2c1ccc(N(c2ccc(-n3c4ccccc4c4ccccc43)cc2)c2ccc(-n3c4ccccc4c4ccccc43)cc2)cc1. The quantitative estimate of drug-likeness (QED) is 0.0853. The summed E-state index contributed by atoms with van der Waals surface area (Å²) in [6.07, 6.45) is 0. The van der Waals surface area contributed by atoms with Crippen LogP contribution >= 0.6 is 0 Å². The molecule has 7 heteroatoms. The molecule has 0 saturated heterocycles. The van der Waals surface area contributed by atoms with Crippen molar-refractivity contribution in [1.82, 2.24) is 9.13 Å². The molecule has 1 aliphatic rings. The third-order valence-corrected chi connectivity index (χ3v) is 23.1. The van der Waals surface area contributed by atoms with Crippen molar-refractivity contribution in [3.63, 3.8) is 0 Å².